The Kier molecular flexibility index (Phi) is 10.5. The summed E-state index contributed by atoms with van der Waals surface area (Å²) in [6, 6.07) is 15.3. The van der Waals surface area contributed by atoms with Gasteiger partial charge >= 0.3 is 0 Å². The van der Waals surface area contributed by atoms with E-state index >= 15 is 0 Å². The van der Waals surface area contributed by atoms with Crippen molar-refractivity contribution < 1.29 is 9.47 Å². The summed E-state index contributed by atoms with van der Waals surface area (Å²) in [5.41, 5.74) is 24.1. The van der Waals surface area contributed by atoms with Crippen molar-refractivity contribution in [2.45, 2.75) is 51.9 Å². The first-order valence-corrected chi connectivity index (χ1v) is 12.4. The molecule has 12 nitrogen and oxygen atoms in total. The Morgan fingerprint density at radius 3 is 1.23 bits per heavy atom. The molecule has 0 saturated heterocycles. The van der Waals surface area contributed by atoms with E-state index in [1.165, 1.54) is 0 Å². The predicted molar refractivity (Wildman–Crippen MR) is 167 cm³/mol. The van der Waals surface area contributed by atoms with Crippen molar-refractivity contribution in [1.29, 1.82) is 0 Å². The highest BCUT2D eigenvalue weighted by atomic mass is 35.5. The fourth-order valence-electron chi connectivity index (χ4n) is 4.47. The maximum atomic E-state index is 6.10. The van der Waals surface area contributed by atoms with Gasteiger partial charge < -0.3 is 32.4 Å². The summed E-state index contributed by atoms with van der Waals surface area (Å²) >= 11 is 0. The zero-order chi connectivity index (χ0) is 27.5. The van der Waals surface area contributed by atoms with E-state index in [2.05, 4.69) is 20.0 Å². The molecular formula is C26H38Cl2N10O2. The van der Waals surface area contributed by atoms with Crippen LogP contribution in [0.4, 0.5) is 11.4 Å². The van der Waals surface area contributed by atoms with Gasteiger partial charge in [-0.2, -0.15) is 9.98 Å². The molecule has 0 aromatic heterocycles. The summed E-state index contributed by atoms with van der Waals surface area (Å²) in [5.74, 6) is 2.50. The Morgan fingerprint density at radius 1 is 0.600 bits per heavy atom. The average molecular weight is 594 g/mol. The van der Waals surface area contributed by atoms with Crippen molar-refractivity contribution in [1.82, 2.24) is 0 Å². The molecule has 0 spiro atoms. The van der Waals surface area contributed by atoms with Gasteiger partial charge in [0.2, 0.25) is 23.8 Å². The second-order valence-corrected chi connectivity index (χ2v) is 9.93. The minimum Gasteiger partial charge on any atom is -0.494 e. The van der Waals surface area contributed by atoms with Gasteiger partial charge in [-0.15, -0.1) is 24.8 Å². The molecule has 2 aliphatic rings. The van der Waals surface area contributed by atoms with Gasteiger partial charge in [-0.05, 0) is 89.1 Å². The van der Waals surface area contributed by atoms with E-state index in [1.807, 2.05) is 86.0 Å². The van der Waals surface area contributed by atoms with E-state index in [-0.39, 0.29) is 36.7 Å². The standard InChI is InChI=1S/C26H36N10O2.2ClH/c1-25(2)33-21(27)31-23(29)35(25)17-7-11-19(12-8-17)37-15-5-6-16-38-20-13-9-18(10-14-20)36-24(30)32-22(28)34-26(36,3)4;;/h7-14H,5-6,15-16H2,1-4H3,(H4,27,29,31,33)(H4,28,30,32,34);2*1H. The number of unbranched alkanes of at least 4 members (excludes halogenated alkanes) is 1. The molecule has 2 aromatic carbocycles. The summed E-state index contributed by atoms with van der Waals surface area (Å²) in [4.78, 5) is 20.6. The second-order valence-electron chi connectivity index (χ2n) is 9.93. The summed E-state index contributed by atoms with van der Waals surface area (Å²) < 4.78 is 11.8. The minimum atomic E-state index is -0.631. The molecule has 40 heavy (non-hydrogen) atoms. The Hall–Kier alpha value is -3.90. The number of halogens is 2. The summed E-state index contributed by atoms with van der Waals surface area (Å²) in [6.07, 6.45) is 1.70. The molecule has 218 valence electrons. The highest BCUT2D eigenvalue weighted by molar-refractivity contribution is 6.06. The first-order valence-electron chi connectivity index (χ1n) is 12.4. The van der Waals surface area contributed by atoms with Crippen LogP contribution in [-0.2, 0) is 0 Å². The molecule has 0 atom stereocenters. The van der Waals surface area contributed by atoms with Crippen LogP contribution in [0.2, 0.25) is 0 Å². The number of nitrogens with two attached hydrogens (primary N) is 4. The molecular weight excluding hydrogens is 555 g/mol. The van der Waals surface area contributed by atoms with Crippen molar-refractivity contribution in [2.75, 3.05) is 23.0 Å². The highest BCUT2D eigenvalue weighted by Gasteiger charge is 2.34. The lowest BCUT2D eigenvalue weighted by atomic mass is 10.1. The summed E-state index contributed by atoms with van der Waals surface area (Å²) in [7, 11) is 0. The molecule has 0 fully saturated rings. The van der Waals surface area contributed by atoms with Crippen LogP contribution in [-0.4, -0.2) is 48.4 Å². The van der Waals surface area contributed by atoms with E-state index in [1.54, 1.807) is 0 Å². The van der Waals surface area contributed by atoms with Crippen molar-refractivity contribution in [3.05, 3.63) is 48.5 Å². The number of aliphatic imine (C=N–C) groups is 4. The van der Waals surface area contributed by atoms with Crippen LogP contribution in [0.3, 0.4) is 0 Å². The second kappa shape index (κ2) is 13.0. The number of ether oxygens (including phenoxy) is 2. The van der Waals surface area contributed by atoms with Gasteiger partial charge in [-0.3, -0.25) is 9.80 Å². The summed E-state index contributed by atoms with van der Waals surface area (Å²) in [5, 5.41) is 0. The van der Waals surface area contributed by atoms with Crippen LogP contribution >= 0.6 is 24.8 Å². The van der Waals surface area contributed by atoms with Crippen LogP contribution in [0.1, 0.15) is 40.5 Å². The van der Waals surface area contributed by atoms with E-state index < -0.39 is 11.3 Å². The van der Waals surface area contributed by atoms with E-state index in [4.69, 9.17) is 32.4 Å². The number of guanidine groups is 4. The Bertz CT molecular complexity index is 1180. The molecule has 8 N–H and O–H groups in total. The largest absolute Gasteiger partial charge is 0.494 e. The molecule has 2 heterocycles. The minimum absolute atomic E-state index is 0. The van der Waals surface area contributed by atoms with E-state index in [0.29, 0.717) is 25.1 Å². The van der Waals surface area contributed by atoms with E-state index in [0.717, 1.165) is 35.7 Å². The molecule has 0 amide bonds. The van der Waals surface area contributed by atoms with Gasteiger partial charge in [-0.1, -0.05) is 0 Å². The molecule has 0 saturated carbocycles. The molecule has 4 rings (SSSR count). The molecule has 2 aliphatic heterocycles. The lowest BCUT2D eigenvalue weighted by Crippen LogP contribution is -2.54. The predicted octanol–water partition coefficient (Wildman–Crippen LogP) is 3.14. The van der Waals surface area contributed by atoms with Crippen LogP contribution in [0.25, 0.3) is 0 Å². The van der Waals surface area contributed by atoms with E-state index in [9.17, 15) is 0 Å². The average Bonchev–Trinajstić information content (AvgIpc) is 2.80. The van der Waals surface area contributed by atoms with Crippen molar-refractivity contribution in [3.63, 3.8) is 0 Å². The smallest absolute Gasteiger partial charge is 0.220 e. The van der Waals surface area contributed by atoms with Crippen LogP contribution in [0.15, 0.2) is 68.5 Å². The molecule has 0 unspecified atom stereocenters. The number of hydrogen-bond donors (Lipinski definition) is 4. The van der Waals surface area contributed by atoms with Crippen LogP contribution < -0.4 is 42.2 Å². The van der Waals surface area contributed by atoms with Crippen LogP contribution in [0.5, 0.6) is 11.5 Å². The van der Waals surface area contributed by atoms with Crippen molar-refractivity contribution in [2.24, 2.45) is 42.9 Å². The topological polar surface area (TPSA) is 178 Å². The highest BCUT2D eigenvalue weighted by Crippen LogP contribution is 2.30. The van der Waals surface area contributed by atoms with Gasteiger partial charge in [0.25, 0.3) is 0 Å². The molecule has 0 aliphatic carbocycles. The fourth-order valence-corrected chi connectivity index (χ4v) is 4.47. The first-order chi connectivity index (χ1) is 18.0. The van der Waals surface area contributed by atoms with Gasteiger partial charge in [0.15, 0.2) is 0 Å². The number of hydrogen-bond acceptors (Lipinski definition) is 12. The quantitative estimate of drug-likeness (QED) is 0.320. The van der Waals surface area contributed by atoms with Crippen molar-refractivity contribution in [3.8, 4) is 11.5 Å². The normalized spacial score (nSPS) is 17.3. The maximum Gasteiger partial charge on any atom is 0.220 e. The zero-order valence-corrected chi connectivity index (χ0v) is 24.7. The summed E-state index contributed by atoms with van der Waals surface area (Å²) in [6.45, 7) is 8.85. The number of anilines is 2. The molecule has 14 heteroatoms. The van der Waals surface area contributed by atoms with Crippen molar-refractivity contribution >= 4 is 60.0 Å². The lowest BCUT2D eigenvalue weighted by Gasteiger charge is -2.38. The molecule has 0 radical (unpaired) electrons. The first kappa shape index (κ1) is 32.3. The van der Waals surface area contributed by atoms with Gasteiger partial charge in [0, 0.05) is 11.4 Å². The lowest BCUT2D eigenvalue weighted by molar-refractivity contribution is 0.266. The Balaban J connectivity index is 0.00000280. The number of nitrogens with zero attached hydrogens (tertiary/aromatic N) is 6. The monoisotopic (exact) mass is 592 g/mol. The SMILES string of the molecule is CC1(C)N=C(N)N=C(N)N1c1ccc(OCCCCOc2ccc(N3C(N)=NC(N)=NC3(C)C)cc2)cc1.Cl.Cl. The number of rotatable bonds is 9. The Labute approximate surface area is 247 Å². The zero-order valence-electron chi connectivity index (χ0n) is 23.1. The maximum absolute atomic E-state index is 6.10. The van der Waals surface area contributed by atoms with Gasteiger partial charge in [-0.25, -0.2) is 9.98 Å². The third-order valence-electron chi connectivity index (χ3n) is 6.05. The fraction of sp³-hybridized carbons (Fsp3) is 0.385. The van der Waals surface area contributed by atoms with Crippen LogP contribution in [0, 0.1) is 0 Å². The third kappa shape index (κ3) is 7.39. The molecule has 0 bridgehead atoms. The molecule has 2 aromatic rings. The van der Waals surface area contributed by atoms with Gasteiger partial charge in [0.1, 0.15) is 22.8 Å². The van der Waals surface area contributed by atoms with Gasteiger partial charge in [0.05, 0.1) is 13.2 Å². The third-order valence-corrected chi connectivity index (χ3v) is 6.05. The number of benzene rings is 2. The Morgan fingerprint density at radius 2 is 0.925 bits per heavy atom.